The highest BCUT2D eigenvalue weighted by atomic mass is 16.5. The van der Waals surface area contributed by atoms with E-state index in [0.717, 1.165) is 12.8 Å². The van der Waals surface area contributed by atoms with Crippen molar-refractivity contribution in [2.75, 3.05) is 13.2 Å². The minimum Gasteiger partial charge on any atom is -0.490 e. The second-order valence-electron chi connectivity index (χ2n) is 5.52. The fraction of sp³-hybridized carbons (Fsp3) is 0.500. The number of carbonyl (C=O) groups is 2. The number of carboxylic acids is 1. The highest BCUT2D eigenvalue weighted by Crippen LogP contribution is 2.30. The van der Waals surface area contributed by atoms with Crippen LogP contribution in [0.15, 0.2) is 18.2 Å². The molecule has 1 aromatic rings. The number of benzene rings is 1. The van der Waals surface area contributed by atoms with Crippen LogP contribution in [0, 0.1) is 5.92 Å². The van der Waals surface area contributed by atoms with Gasteiger partial charge in [-0.2, -0.15) is 0 Å². The van der Waals surface area contributed by atoms with E-state index in [4.69, 9.17) is 14.6 Å². The van der Waals surface area contributed by atoms with E-state index in [1.165, 1.54) is 0 Å². The zero-order valence-corrected chi connectivity index (χ0v) is 12.8. The molecular formula is C16H21NO5. The maximum absolute atomic E-state index is 12.2. The first-order valence-electron chi connectivity index (χ1n) is 7.42. The highest BCUT2D eigenvalue weighted by Gasteiger charge is 2.27. The molecule has 2 N–H and O–H groups in total. The summed E-state index contributed by atoms with van der Waals surface area (Å²) in [5.41, 5.74) is 0.477. The number of hydrogen-bond acceptors (Lipinski definition) is 4. The standard InChI is InChI=1S/C16H21NO5/c1-3-21-14-8-11(4-5-13(14)22-9-15(18)19)16(20)17-12-6-10(2)7-12/h4-5,8,10,12H,3,6-7,9H2,1-2H3,(H,17,20)(H,18,19). The molecule has 0 saturated heterocycles. The van der Waals surface area contributed by atoms with E-state index in [1.54, 1.807) is 18.2 Å². The summed E-state index contributed by atoms with van der Waals surface area (Å²) in [6, 6.07) is 4.99. The molecule has 1 fully saturated rings. The van der Waals surface area contributed by atoms with Crippen LogP contribution in [0.1, 0.15) is 37.0 Å². The number of rotatable bonds is 7. The molecule has 0 radical (unpaired) electrons. The van der Waals surface area contributed by atoms with Gasteiger partial charge in [0, 0.05) is 11.6 Å². The maximum atomic E-state index is 12.2. The van der Waals surface area contributed by atoms with Crippen LogP contribution in [0.5, 0.6) is 11.5 Å². The van der Waals surface area contributed by atoms with Gasteiger partial charge < -0.3 is 19.9 Å². The SMILES string of the molecule is CCOc1cc(C(=O)NC2CC(C)C2)ccc1OCC(=O)O. The van der Waals surface area contributed by atoms with E-state index in [-0.39, 0.29) is 11.9 Å². The molecule has 1 amide bonds. The molecule has 1 aromatic carbocycles. The number of carboxylic acid groups (broad SMARTS) is 1. The molecule has 2 rings (SSSR count). The van der Waals surface area contributed by atoms with E-state index in [1.807, 2.05) is 6.92 Å². The number of carbonyl (C=O) groups excluding carboxylic acids is 1. The summed E-state index contributed by atoms with van der Waals surface area (Å²) in [5, 5.41) is 11.6. The monoisotopic (exact) mass is 307 g/mol. The third kappa shape index (κ3) is 4.13. The Hall–Kier alpha value is -2.24. The van der Waals surface area contributed by atoms with Crippen molar-refractivity contribution in [3.63, 3.8) is 0 Å². The van der Waals surface area contributed by atoms with Crippen LogP contribution in [0.3, 0.4) is 0 Å². The molecule has 0 aromatic heterocycles. The van der Waals surface area contributed by atoms with Crippen LogP contribution in [0.4, 0.5) is 0 Å². The minimum absolute atomic E-state index is 0.150. The van der Waals surface area contributed by atoms with Crippen LogP contribution in [-0.4, -0.2) is 36.2 Å². The normalized spacial score (nSPS) is 19.9. The topological polar surface area (TPSA) is 84.9 Å². The van der Waals surface area contributed by atoms with Gasteiger partial charge in [-0.25, -0.2) is 4.79 Å². The summed E-state index contributed by atoms with van der Waals surface area (Å²) in [6.45, 7) is 3.91. The van der Waals surface area contributed by atoms with Gasteiger partial charge in [0.25, 0.3) is 5.91 Å². The van der Waals surface area contributed by atoms with Gasteiger partial charge in [-0.3, -0.25) is 4.79 Å². The summed E-state index contributed by atoms with van der Waals surface area (Å²) in [6.07, 6.45) is 2.01. The Balaban J connectivity index is 2.06. The highest BCUT2D eigenvalue weighted by molar-refractivity contribution is 5.95. The van der Waals surface area contributed by atoms with Gasteiger partial charge >= 0.3 is 5.97 Å². The summed E-state index contributed by atoms with van der Waals surface area (Å²) in [5.74, 6) is 0.138. The van der Waals surface area contributed by atoms with E-state index >= 15 is 0 Å². The zero-order valence-electron chi connectivity index (χ0n) is 12.8. The molecule has 0 unspecified atom stereocenters. The Morgan fingerprint density at radius 2 is 2.00 bits per heavy atom. The lowest BCUT2D eigenvalue weighted by Crippen LogP contribution is -2.43. The Labute approximate surface area is 129 Å². The molecule has 0 heterocycles. The van der Waals surface area contributed by atoms with Crippen molar-refractivity contribution in [1.82, 2.24) is 5.32 Å². The second-order valence-corrected chi connectivity index (χ2v) is 5.52. The van der Waals surface area contributed by atoms with Gasteiger partial charge in [-0.05, 0) is 43.9 Å². The summed E-state index contributed by atoms with van der Waals surface area (Å²) in [4.78, 5) is 22.8. The van der Waals surface area contributed by atoms with Crippen LogP contribution in [0.25, 0.3) is 0 Å². The van der Waals surface area contributed by atoms with Crippen molar-refractivity contribution in [3.05, 3.63) is 23.8 Å². The number of hydrogen-bond donors (Lipinski definition) is 2. The summed E-state index contributed by atoms with van der Waals surface area (Å²) >= 11 is 0. The molecule has 0 aliphatic heterocycles. The van der Waals surface area contributed by atoms with Crippen LogP contribution < -0.4 is 14.8 Å². The minimum atomic E-state index is -1.07. The molecule has 120 valence electrons. The number of amides is 1. The molecule has 6 nitrogen and oxygen atoms in total. The van der Waals surface area contributed by atoms with Crippen molar-refractivity contribution in [3.8, 4) is 11.5 Å². The van der Waals surface area contributed by atoms with Gasteiger partial charge in [0.1, 0.15) is 0 Å². The molecule has 22 heavy (non-hydrogen) atoms. The lowest BCUT2D eigenvalue weighted by atomic mass is 9.82. The smallest absolute Gasteiger partial charge is 0.341 e. The van der Waals surface area contributed by atoms with Crippen LogP contribution in [0.2, 0.25) is 0 Å². The average molecular weight is 307 g/mol. The van der Waals surface area contributed by atoms with Gasteiger partial charge in [-0.1, -0.05) is 6.92 Å². The van der Waals surface area contributed by atoms with Crippen LogP contribution >= 0.6 is 0 Å². The first-order valence-corrected chi connectivity index (χ1v) is 7.42. The Morgan fingerprint density at radius 3 is 2.59 bits per heavy atom. The van der Waals surface area contributed by atoms with Crippen molar-refractivity contribution in [1.29, 1.82) is 0 Å². The van der Waals surface area contributed by atoms with Gasteiger partial charge in [0.15, 0.2) is 18.1 Å². The molecule has 0 atom stereocenters. The molecule has 0 spiro atoms. The Bertz CT molecular complexity index is 551. The lowest BCUT2D eigenvalue weighted by molar-refractivity contribution is -0.139. The van der Waals surface area contributed by atoms with Crippen molar-refractivity contribution >= 4 is 11.9 Å². The molecule has 6 heteroatoms. The molecule has 1 aliphatic rings. The van der Waals surface area contributed by atoms with E-state index in [0.29, 0.717) is 29.6 Å². The summed E-state index contributed by atoms with van der Waals surface area (Å²) in [7, 11) is 0. The lowest BCUT2D eigenvalue weighted by Gasteiger charge is -2.33. The summed E-state index contributed by atoms with van der Waals surface area (Å²) < 4.78 is 10.6. The van der Waals surface area contributed by atoms with Crippen LogP contribution in [-0.2, 0) is 4.79 Å². The largest absolute Gasteiger partial charge is 0.490 e. The fourth-order valence-electron chi connectivity index (χ4n) is 2.47. The Morgan fingerprint density at radius 1 is 1.27 bits per heavy atom. The van der Waals surface area contributed by atoms with Crippen molar-refractivity contribution < 1.29 is 24.2 Å². The fourth-order valence-corrected chi connectivity index (χ4v) is 2.47. The number of ether oxygens (including phenoxy) is 2. The maximum Gasteiger partial charge on any atom is 0.341 e. The predicted octanol–water partition coefficient (Wildman–Crippen LogP) is 2.08. The second kappa shape index (κ2) is 7.15. The van der Waals surface area contributed by atoms with Gasteiger partial charge in [0.2, 0.25) is 0 Å². The van der Waals surface area contributed by atoms with Crippen molar-refractivity contribution in [2.24, 2.45) is 5.92 Å². The average Bonchev–Trinajstić information content (AvgIpc) is 2.44. The number of aliphatic carboxylic acids is 1. The molecular weight excluding hydrogens is 286 g/mol. The zero-order chi connectivity index (χ0) is 16.1. The third-order valence-corrected chi connectivity index (χ3v) is 3.57. The number of nitrogens with one attached hydrogen (secondary N) is 1. The molecule has 1 saturated carbocycles. The third-order valence-electron chi connectivity index (χ3n) is 3.57. The predicted molar refractivity (Wildman–Crippen MR) is 80.4 cm³/mol. The van der Waals surface area contributed by atoms with E-state index in [9.17, 15) is 9.59 Å². The van der Waals surface area contributed by atoms with E-state index in [2.05, 4.69) is 12.2 Å². The Kier molecular flexibility index (Phi) is 5.25. The first kappa shape index (κ1) is 16.1. The van der Waals surface area contributed by atoms with E-state index < -0.39 is 12.6 Å². The first-order chi connectivity index (χ1) is 10.5. The quantitative estimate of drug-likeness (QED) is 0.805. The van der Waals surface area contributed by atoms with Crippen molar-refractivity contribution in [2.45, 2.75) is 32.7 Å². The van der Waals surface area contributed by atoms with Gasteiger partial charge in [0.05, 0.1) is 6.61 Å². The van der Waals surface area contributed by atoms with Gasteiger partial charge in [-0.15, -0.1) is 0 Å². The molecule has 1 aliphatic carbocycles. The molecule has 0 bridgehead atoms.